The Morgan fingerprint density at radius 2 is 1.95 bits per heavy atom. The molecule has 0 radical (unpaired) electrons. The van der Waals surface area contributed by atoms with Gasteiger partial charge in [0.2, 0.25) is 0 Å². The van der Waals surface area contributed by atoms with Gasteiger partial charge in [0.05, 0.1) is 17.1 Å². The van der Waals surface area contributed by atoms with Crippen LogP contribution in [0.25, 0.3) is 0 Å². The molecule has 20 heavy (non-hydrogen) atoms. The zero-order valence-corrected chi connectivity index (χ0v) is 13.4. The Balaban J connectivity index is 3.29. The van der Waals surface area contributed by atoms with Crippen LogP contribution >= 0.6 is 10.7 Å². The highest BCUT2D eigenvalue weighted by atomic mass is 35.7. The molecule has 0 saturated carbocycles. The second-order valence-electron chi connectivity index (χ2n) is 5.23. The van der Waals surface area contributed by atoms with Crippen molar-refractivity contribution in [2.45, 2.75) is 38.1 Å². The molecule has 0 fully saturated rings. The number of carbonyl (C=O) groups excluding carboxylic acids is 1. The van der Waals surface area contributed by atoms with Gasteiger partial charge in [-0.05, 0) is 45.9 Å². The van der Waals surface area contributed by atoms with Crippen LogP contribution in [-0.2, 0) is 9.05 Å². The van der Waals surface area contributed by atoms with Crippen molar-refractivity contribution in [1.29, 1.82) is 0 Å². The predicted octanol–water partition coefficient (Wildman–Crippen LogP) is 2.54. The molecule has 0 aliphatic carbocycles. The highest BCUT2D eigenvalue weighted by Crippen LogP contribution is 2.25. The number of halogens is 1. The standard InChI is InChI=1S/C13H18ClNO4S/c1-5-19-11-7-6-9(20(14,17)18)8-10(11)12(16)15-13(2,3)4/h6-8H,5H2,1-4H3,(H,15,16). The molecule has 0 bridgehead atoms. The number of nitrogens with one attached hydrogen (secondary N) is 1. The van der Waals surface area contributed by atoms with Crippen LogP contribution in [0.5, 0.6) is 5.75 Å². The molecular weight excluding hydrogens is 302 g/mol. The minimum Gasteiger partial charge on any atom is -0.493 e. The second kappa shape index (κ2) is 6.01. The molecule has 1 amide bonds. The first-order chi connectivity index (χ1) is 9.04. The molecule has 0 saturated heterocycles. The van der Waals surface area contributed by atoms with Gasteiger partial charge in [-0.3, -0.25) is 4.79 Å². The number of benzene rings is 1. The number of hydrogen-bond acceptors (Lipinski definition) is 4. The van der Waals surface area contributed by atoms with E-state index in [4.69, 9.17) is 15.4 Å². The normalized spacial score (nSPS) is 12.1. The van der Waals surface area contributed by atoms with Crippen molar-refractivity contribution in [2.75, 3.05) is 6.61 Å². The Bertz CT molecular complexity index is 605. The number of rotatable bonds is 4. The first-order valence-corrected chi connectivity index (χ1v) is 8.39. The summed E-state index contributed by atoms with van der Waals surface area (Å²) in [6.45, 7) is 7.62. The molecule has 1 aromatic carbocycles. The minimum atomic E-state index is -3.90. The number of ether oxygens (including phenoxy) is 1. The third-order valence-electron chi connectivity index (χ3n) is 2.27. The van der Waals surface area contributed by atoms with Crippen LogP contribution in [0.1, 0.15) is 38.1 Å². The van der Waals surface area contributed by atoms with Crippen LogP contribution < -0.4 is 10.1 Å². The molecule has 5 nitrogen and oxygen atoms in total. The van der Waals surface area contributed by atoms with Crippen LogP contribution in [-0.4, -0.2) is 26.5 Å². The van der Waals surface area contributed by atoms with Crippen LogP contribution in [0, 0.1) is 0 Å². The van der Waals surface area contributed by atoms with E-state index >= 15 is 0 Å². The predicted molar refractivity (Wildman–Crippen MR) is 77.9 cm³/mol. The van der Waals surface area contributed by atoms with Gasteiger partial charge >= 0.3 is 0 Å². The van der Waals surface area contributed by atoms with Gasteiger partial charge in [0.1, 0.15) is 5.75 Å². The van der Waals surface area contributed by atoms with Gasteiger partial charge in [0.15, 0.2) is 0 Å². The average Bonchev–Trinajstić information content (AvgIpc) is 2.26. The van der Waals surface area contributed by atoms with E-state index in [0.29, 0.717) is 12.4 Å². The Hall–Kier alpha value is -1.27. The molecule has 0 spiro atoms. The summed E-state index contributed by atoms with van der Waals surface area (Å²) in [4.78, 5) is 12.1. The molecule has 1 N–H and O–H groups in total. The summed E-state index contributed by atoms with van der Waals surface area (Å²) in [6, 6.07) is 3.95. The van der Waals surface area contributed by atoms with E-state index in [9.17, 15) is 13.2 Å². The van der Waals surface area contributed by atoms with E-state index in [1.54, 1.807) is 6.92 Å². The van der Waals surface area contributed by atoms with Crippen molar-refractivity contribution in [3.8, 4) is 5.75 Å². The number of carbonyl (C=O) groups is 1. The smallest absolute Gasteiger partial charge is 0.261 e. The highest BCUT2D eigenvalue weighted by molar-refractivity contribution is 8.13. The average molecular weight is 320 g/mol. The maximum atomic E-state index is 12.2. The number of hydrogen-bond donors (Lipinski definition) is 1. The fraction of sp³-hybridized carbons (Fsp3) is 0.462. The van der Waals surface area contributed by atoms with Crippen LogP contribution in [0.3, 0.4) is 0 Å². The largest absolute Gasteiger partial charge is 0.493 e. The summed E-state index contributed by atoms with van der Waals surface area (Å²) in [5.74, 6) is -0.0959. The van der Waals surface area contributed by atoms with E-state index in [1.165, 1.54) is 18.2 Å². The quantitative estimate of drug-likeness (QED) is 0.866. The maximum absolute atomic E-state index is 12.2. The first-order valence-electron chi connectivity index (χ1n) is 6.08. The summed E-state index contributed by atoms with van der Waals surface area (Å²) in [7, 11) is 1.40. The van der Waals surface area contributed by atoms with Crippen molar-refractivity contribution in [3.63, 3.8) is 0 Å². The summed E-state index contributed by atoms with van der Waals surface area (Å²) < 4.78 is 28.1. The first kappa shape index (κ1) is 16.8. The lowest BCUT2D eigenvalue weighted by molar-refractivity contribution is 0.0915. The molecule has 0 unspecified atom stereocenters. The highest BCUT2D eigenvalue weighted by Gasteiger charge is 2.21. The van der Waals surface area contributed by atoms with E-state index in [0.717, 1.165) is 0 Å². The minimum absolute atomic E-state index is 0.137. The van der Waals surface area contributed by atoms with Crippen LogP contribution in [0.2, 0.25) is 0 Å². The van der Waals surface area contributed by atoms with Gasteiger partial charge in [-0.25, -0.2) is 8.42 Å². The zero-order valence-electron chi connectivity index (χ0n) is 11.9. The zero-order chi connectivity index (χ0) is 15.6. The molecular formula is C13H18ClNO4S. The lowest BCUT2D eigenvalue weighted by Gasteiger charge is -2.21. The van der Waals surface area contributed by atoms with Gasteiger partial charge in [-0.2, -0.15) is 0 Å². The Morgan fingerprint density at radius 1 is 1.35 bits per heavy atom. The summed E-state index contributed by atoms with van der Waals surface area (Å²) in [6.07, 6.45) is 0. The fourth-order valence-corrected chi connectivity index (χ4v) is 2.30. The van der Waals surface area contributed by atoms with E-state index < -0.39 is 20.5 Å². The van der Waals surface area contributed by atoms with E-state index in [-0.39, 0.29) is 10.5 Å². The summed E-state index contributed by atoms with van der Waals surface area (Å²) in [5.41, 5.74) is -0.306. The molecule has 1 rings (SSSR count). The van der Waals surface area contributed by atoms with Gasteiger partial charge in [0, 0.05) is 16.2 Å². The maximum Gasteiger partial charge on any atom is 0.261 e. The lowest BCUT2D eigenvalue weighted by Crippen LogP contribution is -2.40. The van der Waals surface area contributed by atoms with Gasteiger partial charge in [-0.15, -0.1) is 0 Å². The molecule has 0 aliphatic rings. The van der Waals surface area contributed by atoms with Gasteiger partial charge in [-0.1, -0.05) is 0 Å². The van der Waals surface area contributed by atoms with Crippen LogP contribution in [0.4, 0.5) is 0 Å². The third kappa shape index (κ3) is 4.68. The second-order valence-corrected chi connectivity index (χ2v) is 7.80. The summed E-state index contributed by atoms with van der Waals surface area (Å²) in [5, 5.41) is 2.76. The molecule has 0 atom stereocenters. The van der Waals surface area contributed by atoms with Gasteiger partial charge < -0.3 is 10.1 Å². The molecule has 0 aromatic heterocycles. The Kier molecular flexibility index (Phi) is 5.05. The van der Waals surface area contributed by atoms with Crippen molar-refractivity contribution in [1.82, 2.24) is 5.32 Å². The third-order valence-corrected chi connectivity index (χ3v) is 3.62. The topological polar surface area (TPSA) is 72.5 Å². The van der Waals surface area contributed by atoms with Crippen molar-refractivity contribution < 1.29 is 17.9 Å². The Morgan fingerprint density at radius 3 is 2.40 bits per heavy atom. The molecule has 1 aromatic rings. The van der Waals surface area contributed by atoms with Crippen molar-refractivity contribution in [2.24, 2.45) is 0 Å². The SMILES string of the molecule is CCOc1ccc(S(=O)(=O)Cl)cc1C(=O)NC(C)(C)C. The molecule has 7 heteroatoms. The Labute approximate surface area is 123 Å². The van der Waals surface area contributed by atoms with Crippen molar-refractivity contribution >= 4 is 25.6 Å². The number of amides is 1. The monoisotopic (exact) mass is 319 g/mol. The molecule has 0 aliphatic heterocycles. The van der Waals surface area contributed by atoms with Gasteiger partial charge in [0.25, 0.3) is 15.0 Å². The summed E-state index contributed by atoms with van der Waals surface area (Å²) >= 11 is 0. The molecule has 112 valence electrons. The van der Waals surface area contributed by atoms with E-state index in [2.05, 4.69) is 5.32 Å². The van der Waals surface area contributed by atoms with Crippen molar-refractivity contribution in [3.05, 3.63) is 23.8 Å². The van der Waals surface area contributed by atoms with Crippen LogP contribution in [0.15, 0.2) is 23.1 Å². The lowest BCUT2D eigenvalue weighted by atomic mass is 10.1. The van der Waals surface area contributed by atoms with E-state index in [1.807, 2.05) is 20.8 Å². The fourth-order valence-electron chi connectivity index (χ4n) is 1.53. The molecule has 0 heterocycles.